The zero-order valence-corrected chi connectivity index (χ0v) is 8.29. The Morgan fingerprint density at radius 2 is 2.31 bits per heavy atom. The first-order chi connectivity index (χ1) is 6.36. The van der Waals surface area contributed by atoms with E-state index in [4.69, 9.17) is 0 Å². The lowest BCUT2D eigenvalue weighted by molar-refractivity contribution is 0.671. The molecule has 0 unspecified atom stereocenters. The zero-order chi connectivity index (χ0) is 9.10. The Morgan fingerprint density at radius 1 is 1.38 bits per heavy atom. The van der Waals surface area contributed by atoms with Gasteiger partial charge in [-0.05, 0) is 6.92 Å². The van der Waals surface area contributed by atoms with Crippen molar-refractivity contribution in [1.29, 1.82) is 0 Å². The van der Waals surface area contributed by atoms with Crippen molar-refractivity contribution in [3.63, 3.8) is 0 Å². The second kappa shape index (κ2) is 3.70. The Morgan fingerprint density at radius 3 is 2.92 bits per heavy atom. The van der Waals surface area contributed by atoms with Crippen molar-refractivity contribution in [1.82, 2.24) is 14.5 Å². The van der Waals surface area contributed by atoms with Crippen LogP contribution in [0.15, 0.2) is 24.0 Å². The van der Waals surface area contributed by atoms with Gasteiger partial charge in [0, 0.05) is 36.9 Å². The fourth-order valence-corrected chi connectivity index (χ4v) is 1.84. The van der Waals surface area contributed by atoms with E-state index in [1.54, 1.807) is 11.3 Å². The average molecular weight is 193 g/mol. The third-order valence-corrected chi connectivity index (χ3v) is 2.81. The molecule has 0 radical (unpaired) electrons. The molecule has 0 atom stereocenters. The van der Waals surface area contributed by atoms with Crippen LogP contribution in [0.4, 0.5) is 0 Å². The maximum atomic E-state index is 4.23. The molecular formula is C9H11N3S. The van der Waals surface area contributed by atoms with Gasteiger partial charge in [-0.3, -0.25) is 0 Å². The molecule has 0 aliphatic rings. The zero-order valence-electron chi connectivity index (χ0n) is 7.47. The Bertz CT molecular complexity index is 364. The van der Waals surface area contributed by atoms with Crippen LogP contribution in [0.3, 0.4) is 0 Å². The molecule has 2 rings (SSSR count). The van der Waals surface area contributed by atoms with Gasteiger partial charge in [0.15, 0.2) is 0 Å². The van der Waals surface area contributed by atoms with E-state index in [-0.39, 0.29) is 0 Å². The van der Waals surface area contributed by atoms with Crippen LogP contribution in [0.25, 0.3) is 0 Å². The molecule has 0 amide bonds. The minimum Gasteiger partial charge on any atom is -0.335 e. The molecule has 2 heterocycles. The minimum atomic E-state index is 0.972. The second-order valence-electron chi connectivity index (χ2n) is 2.84. The highest BCUT2D eigenvalue weighted by atomic mass is 32.1. The lowest BCUT2D eigenvalue weighted by Gasteiger charge is -2.01. The molecule has 0 aliphatic carbocycles. The third kappa shape index (κ3) is 1.95. The van der Waals surface area contributed by atoms with Crippen molar-refractivity contribution >= 4 is 11.3 Å². The summed E-state index contributed by atoms with van der Waals surface area (Å²) in [7, 11) is 0. The van der Waals surface area contributed by atoms with Crippen molar-refractivity contribution in [2.24, 2.45) is 0 Å². The molecule has 0 saturated heterocycles. The molecule has 4 heteroatoms. The van der Waals surface area contributed by atoms with Crippen LogP contribution in [0.5, 0.6) is 0 Å². The van der Waals surface area contributed by atoms with E-state index in [1.165, 1.54) is 5.01 Å². The number of nitrogens with zero attached hydrogens (tertiary/aromatic N) is 3. The quantitative estimate of drug-likeness (QED) is 0.745. The van der Waals surface area contributed by atoms with Crippen LogP contribution < -0.4 is 0 Å². The number of rotatable bonds is 3. The first-order valence-corrected chi connectivity index (χ1v) is 5.10. The highest BCUT2D eigenvalue weighted by molar-refractivity contribution is 7.09. The van der Waals surface area contributed by atoms with Gasteiger partial charge in [-0.1, -0.05) is 0 Å². The molecule has 0 aromatic carbocycles. The SMILES string of the molecule is Cc1nccn1CCc1nccs1. The number of imidazole rings is 1. The Balaban J connectivity index is 1.97. The molecule has 13 heavy (non-hydrogen) atoms. The van der Waals surface area contributed by atoms with Gasteiger partial charge in [0.1, 0.15) is 5.82 Å². The van der Waals surface area contributed by atoms with Gasteiger partial charge in [-0.25, -0.2) is 9.97 Å². The van der Waals surface area contributed by atoms with E-state index in [0.717, 1.165) is 18.8 Å². The molecule has 0 saturated carbocycles. The number of aryl methyl sites for hydroxylation is 3. The molecule has 3 nitrogen and oxygen atoms in total. The predicted octanol–water partition coefficient (Wildman–Crippen LogP) is 1.89. The van der Waals surface area contributed by atoms with Gasteiger partial charge in [0.2, 0.25) is 0 Å². The van der Waals surface area contributed by atoms with Crippen LogP contribution in [0.1, 0.15) is 10.8 Å². The Hall–Kier alpha value is -1.16. The molecule has 0 N–H and O–H groups in total. The Kier molecular flexibility index (Phi) is 2.40. The lowest BCUT2D eigenvalue weighted by atomic mass is 10.4. The smallest absolute Gasteiger partial charge is 0.105 e. The van der Waals surface area contributed by atoms with Crippen LogP contribution in [0.2, 0.25) is 0 Å². The molecule has 0 spiro atoms. The number of aromatic nitrogens is 3. The molecule has 0 aliphatic heterocycles. The van der Waals surface area contributed by atoms with E-state index in [9.17, 15) is 0 Å². The van der Waals surface area contributed by atoms with Crippen LogP contribution in [0, 0.1) is 6.92 Å². The van der Waals surface area contributed by atoms with Gasteiger partial charge < -0.3 is 4.57 Å². The predicted molar refractivity (Wildman–Crippen MR) is 52.8 cm³/mol. The highest BCUT2D eigenvalue weighted by Crippen LogP contribution is 2.06. The standard InChI is InChI=1S/C9H11N3S/c1-8-10-3-6-12(8)5-2-9-11-4-7-13-9/h3-4,6-7H,2,5H2,1H3. The summed E-state index contributed by atoms with van der Waals surface area (Å²) in [4.78, 5) is 8.39. The fourth-order valence-electron chi connectivity index (χ4n) is 1.23. The molecule has 2 aromatic heterocycles. The number of thiazole rings is 1. The summed E-state index contributed by atoms with van der Waals surface area (Å²) in [5.74, 6) is 1.07. The summed E-state index contributed by atoms with van der Waals surface area (Å²) in [6.07, 6.45) is 6.68. The third-order valence-electron chi connectivity index (χ3n) is 1.97. The van der Waals surface area contributed by atoms with E-state index >= 15 is 0 Å². The van der Waals surface area contributed by atoms with Gasteiger partial charge in [-0.15, -0.1) is 11.3 Å². The normalized spacial score (nSPS) is 10.5. The molecule has 0 fully saturated rings. The topological polar surface area (TPSA) is 30.7 Å². The number of hydrogen-bond acceptors (Lipinski definition) is 3. The monoisotopic (exact) mass is 193 g/mol. The maximum absolute atomic E-state index is 4.23. The molecule has 68 valence electrons. The van der Waals surface area contributed by atoms with Gasteiger partial charge in [0.25, 0.3) is 0 Å². The van der Waals surface area contributed by atoms with Gasteiger partial charge in [-0.2, -0.15) is 0 Å². The van der Waals surface area contributed by atoms with Gasteiger partial charge >= 0.3 is 0 Å². The summed E-state index contributed by atoms with van der Waals surface area (Å²) < 4.78 is 2.14. The van der Waals surface area contributed by atoms with E-state index < -0.39 is 0 Å². The summed E-state index contributed by atoms with van der Waals surface area (Å²) in [6, 6.07) is 0. The van der Waals surface area contributed by atoms with E-state index in [1.807, 2.05) is 30.9 Å². The fraction of sp³-hybridized carbons (Fsp3) is 0.333. The van der Waals surface area contributed by atoms with E-state index in [2.05, 4.69) is 14.5 Å². The van der Waals surface area contributed by atoms with Crippen molar-refractivity contribution in [3.05, 3.63) is 34.8 Å². The lowest BCUT2D eigenvalue weighted by Crippen LogP contribution is -2.01. The average Bonchev–Trinajstić information content (AvgIpc) is 2.72. The Labute approximate surface area is 81.1 Å². The van der Waals surface area contributed by atoms with Crippen molar-refractivity contribution in [3.8, 4) is 0 Å². The first kappa shape index (κ1) is 8.44. The van der Waals surface area contributed by atoms with Crippen LogP contribution in [-0.4, -0.2) is 14.5 Å². The van der Waals surface area contributed by atoms with Crippen molar-refractivity contribution in [2.45, 2.75) is 19.9 Å². The molecular weight excluding hydrogens is 182 g/mol. The summed E-state index contributed by atoms with van der Waals surface area (Å²) in [5, 5.41) is 3.20. The highest BCUT2D eigenvalue weighted by Gasteiger charge is 1.98. The van der Waals surface area contributed by atoms with Crippen molar-refractivity contribution in [2.75, 3.05) is 0 Å². The first-order valence-electron chi connectivity index (χ1n) is 4.22. The largest absolute Gasteiger partial charge is 0.335 e. The molecule has 0 bridgehead atoms. The maximum Gasteiger partial charge on any atom is 0.105 e. The second-order valence-corrected chi connectivity index (χ2v) is 3.82. The number of hydrogen-bond donors (Lipinski definition) is 0. The van der Waals surface area contributed by atoms with Gasteiger partial charge in [0.05, 0.1) is 5.01 Å². The van der Waals surface area contributed by atoms with E-state index in [0.29, 0.717) is 0 Å². The summed E-state index contributed by atoms with van der Waals surface area (Å²) in [6.45, 7) is 2.99. The summed E-state index contributed by atoms with van der Waals surface area (Å²) in [5.41, 5.74) is 0. The minimum absolute atomic E-state index is 0.972. The van der Waals surface area contributed by atoms with Crippen molar-refractivity contribution < 1.29 is 0 Å². The van der Waals surface area contributed by atoms with Crippen LogP contribution in [-0.2, 0) is 13.0 Å². The summed E-state index contributed by atoms with van der Waals surface area (Å²) >= 11 is 1.71. The van der Waals surface area contributed by atoms with Crippen LogP contribution >= 0.6 is 11.3 Å². The molecule has 2 aromatic rings.